The second-order valence-electron chi connectivity index (χ2n) is 4.95. The average Bonchev–Trinajstić information content (AvgIpc) is 2.71. The number of rotatable bonds is 3. The Bertz CT molecular complexity index is 615. The molecule has 1 N–H and O–H groups in total. The van der Waals surface area contributed by atoms with E-state index in [1.165, 1.54) is 16.7 Å². The van der Waals surface area contributed by atoms with Gasteiger partial charge < -0.3 is 9.67 Å². The van der Waals surface area contributed by atoms with Gasteiger partial charge in [0.15, 0.2) is 0 Å². The molecule has 1 heterocycles. The van der Waals surface area contributed by atoms with E-state index in [9.17, 15) is 9.90 Å². The lowest BCUT2D eigenvalue weighted by Crippen LogP contribution is -2.07. The van der Waals surface area contributed by atoms with E-state index < -0.39 is 5.97 Å². The molecule has 0 aliphatic heterocycles. The lowest BCUT2D eigenvalue weighted by Gasteiger charge is -2.15. The standard InChI is InChI=1S/C16H19NO2/c1-5-14-13(16(18)19)6-7-17(14)15-11(3)8-10(2)9-12(15)4/h6-9H,5H2,1-4H3,(H,18,19). The highest BCUT2D eigenvalue weighted by molar-refractivity contribution is 5.89. The van der Waals surface area contributed by atoms with Crippen molar-refractivity contribution in [2.75, 3.05) is 0 Å². The van der Waals surface area contributed by atoms with Crippen molar-refractivity contribution < 1.29 is 9.90 Å². The van der Waals surface area contributed by atoms with Crippen LogP contribution in [0.2, 0.25) is 0 Å². The summed E-state index contributed by atoms with van der Waals surface area (Å²) in [6.07, 6.45) is 2.55. The highest BCUT2D eigenvalue weighted by Gasteiger charge is 2.16. The van der Waals surface area contributed by atoms with Crippen molar-refractivity contribution in [3.05, 3.63) is 52.3 Å². The number of benzene rings is 1. The van der Waals surface area contributed by atoms with Gasteiger partial charge in [-0.25, -0.2) is 4.79 Å². The molecule has 2 rings (SSSR count). The van der Waals surface area contributed by atoms with Gasteiger partial charge in [-0.1, -0.05) is 24.6 Å². The van der Waals surface area contributed by atoms with E-state index in [2.05, 4.69) is 32.9 Å². The van der Waals surface area contributed by atoms with Gasteiger partial charge in [-0.2, -0.15) is 0 Å². The summed E-state index contributed by atoms with van der Waals surface area (Å²) in [6, 6.07) is 5.93. The molecule has 0 amide bonds. The molecule has 0 saturated carbocycles. The number of aromatic carboxylic acids is 1. The summed E-state index contributed by atoms with van der Waals surface area (Å²) in [5.74, 6) is -0.863. The van der Waals surface area contributed by atoms with Crippen molar-refractivity contribution in [1.29, 1.82) is 0 Å². The predicted molar refractivity (Wildman–Crippen MR) is 76.3 cm³/mol. The van der Waals surface area contributed by atoms with Gasteiger partial charge >= 0.3 is 5.97 Å². The lowest BCUT2D eigenvalue weighted by molar-refractivity contribution is 0.0696. The molecule has 1 aromatic carbocycles. The first-order valence-electron chi connectivity index (χ1n) is 6.47. The molecule has 3 nitrogen and oxygen atoms in total. The summed E-state index contributed by atoms with van der Waals surface area (Å²) in [5.41, 5.74) is 5.89. The third kappa shape index (κ3) is 2.28. The van der Waals surface area contributed by atoms with Crippen LogP contribution in [0.15, 0.2) is 24.4 Å². The Balaban J connectivity index is 2.69. The van der Waals surface area contributed by atoms with Crippen molar-refractivity contribution in [2.24, 2.45) is 0 Å². The van der Waals surface area contributed by atoms with Crippen LogP contribution < -0.4 is 0 Å². The number of carboxylic acids is 1. The molecule has 100 valence electrons. The summed E-state index contributed by atoms with van der Waals surface area (Å²) in [4.78, 5) is 11.2. The van der Waals surface area contributed by atoms with Gasteiger partial charge in [0.25, 0.3) is 0 Å². The summed E-state index contributed by atoms with van der Waals surface area (Å²) in [7, 11) is 0. The summed E-state index contributed by atoms with van der Waals surface area (Å²) >= 11 is 0. The Kier molecular flexibility index (Phi) is 3.47. The fraction of sp³-hybridized carbons (Fsp3) is 0.312. The number of hydrogen-bond donors (Lipinski definition) is 1. The number of nitrogens with zero attached hydrogens (tertiary/aromatic N) is 1. The van der Waals surface area contributed by atoms with Crippen LogP contribution in [0.25, 0.3) is 5.69 Å². The third-order valence-corrected chi connectivity index (χ3v) is 3.43. The van der Waals surface area contributed by atoms with E-state index in [1.54, 1.807) is 6.07 Å². The SMILES string of the molecule is CCc1c(C(=O)O)ccn1-c1c(C)cc(C)cc1C. The molecule has 0 atom stereocenters. The maximum Gasteiger partial charge on any atom is 0.337 e. The quantitative estimate of drug-likeness (QED) is 0.911. The van der Waals surface area contributed by atoms with Crippen molar-refractivity contribution in [3.8, 4) is 5.69 Å². The molecule has 0 saturated heterocycles. The van der Waals surface area contributed by atoms with Gasteiger partial charge in [-0.05, 0) is 44.4 Å². The van der Waals surface area contributed by atoms with E-state index >= 15 is 0 Å². The van der Waals surface area contributed by atoms with Crippen LogP contribution >= 0.6 is 0 Å². The van der Waals surface area contributed by atoms with Gasteiger partial charge in [0, 0.05) is 11.9 Å². The summed E-state index contributed by atoms with van der Waals surface area (Å²) < 4.78 is 2.01. The van der Waals surface area contributed by atoms with Crippen LogP contribution in [0.3, 0.4) is 0 Å². The van der Waals surface area contributed by atoms with Gasteiger partial charge in [-0.3, -0.25) is 0 Å². The zero-order valence-electron chi connectivity index (χ0n) is 11.8. The highest BCUT2D eigenvalue weighted by atomic mass is 16.4. The van der Waals surface area contributed by atoms with E-state index in [4.69, 9.17) is 0 Å². The van der Waals surface area contributed by atoms with Crippen LogP contribution in [-0.2, 0) is 6.42 Å². The zero-order valence-corrected chi connectivity index (χ0v) is 11.8. The fourth-order valence-corrected chi connectivity index (χ4v) is 2.78. The molecular formula is C16H19NO2. The van der Waals surface area contributed by atoms with Crippen LogP contribution in [0.5, 0.6) is 0 Å². The van der Waals surface area contributed by atoms with Crippen LogP contribution in [0, 0.1) is 20.8 Å². The first-order valence-corrected chi connectivity index (χ1v) is 6.47. The maximum atomic E-state index is 11.2. The summed E-state index contributed by atoms with van der Waals surface area (Å²) in [6.45, 7) is 8.18. The second-order valence-corrected chi connectivity index (χ2v) is 4.95. The van der Waals surface area contributed by atoms with Crippen LogP contribution in [-0.4, -0.2) is 15.6 Å². The zero-order chi connectivity index (χ0) is 14.2. The predicted octanol–water partition coefficient (Wildman–Crippen LogP) is 3.66. The maximum absolute atomic E-state index is 11.2. The van der Waals surface area contributed by atoms with Crippen LogP contribution in [0.1, 0.15) is 39.7 Å². The smallest absolute Gasteiger partial charge is 0.337 e. The Morgan fingerprint density at radius 1 is 1.21 bits per heavy atom. The Morgan fingerprint density at radius 2 is 1.79 bits per heavy atom. The average molecular weight is 257 g/mol. The third-order valence-electron chi connectivity index (χ3n) is 3.43. The van der Waals surface area contributed by atoms with E-state index in [0.29, 0.717) is 12.0 Å². The van der Waals surface area contributed by atoms with E-state index in [-0.39, 0.29) is 0 Å². The number of aromatic nitrogens is 1. The molecule has 19 heavy (non-hydrogen) atoms. The van der Waals surface area contributed by atoms with Gasteiger partial charge in [0.1, 0.15) is 0 Å². The minimum atomic E-state index is -0.863. The lowest BCUT2D eigenvalue weighted by atomic mass is 10.0. The summed E-state index contributed by atoms with van der Waals surface area (Å²) in [5, 5.41) is 9.23. The fourth-order valence-electron chi connectivity index (χ4n) is 2.78. The van der Waals surface area contributed by atoms with Gasteiger partial charge in [0.2, 0.25) is 0 Å². The van der Waals surface area contributed by atoms with Crippen LogP contribution in [0.4, 0.5) is 0 Å². The second kappa shape index (κ2) is 4.92. The Hall–Kier alpha value is -2.03. The first-order chi connectivity index (χ1) is 8.95. The molecule has 0 aliphatic rings. The first kappa shape index (κ1) is 13.4. The normalized spacial score (nSPS) is 10.7. The molecule has 0 bridgehead atoms. The number of hydrogen-bond acceptors (Lipinski definition) is 1. The molecule has 0 unspecified atom stereocenters. The van der Waals surface area contributed by atoms with Crippen molar-refractivity contribution in [1.82, 2.24) is 4.57 Å². The monoisotopic (exact) mass is 257 g/mol. The van der Waals surface area contributed by atoms with E-state index in [0.717, 1.165) is 11.4 Å². The minimum Gasteiger partial charge on any atom is -0.478 e. The van der Waals surface area contributed by atoms with Gasteiger partial charge in [0.05, 0.1) is 11.3 Å². The number of carboxylic acid groups (broad SMARTS) is 1. The molecular weight excluding hydrogens is 238 g/mol. The largest absolute Gasteiger partial charge is 0.478 e. The number of aryl methyl sites for hydroxylation is 3. The molecule has 0 radical (unpaired) electrons. The Morgan fingerprint density at radius 3 is 2.26 bits per heavy atom. The Labute approximate surface area is 113 Å². The molecule has 0 aliphatic carbocycles. The highest BCUT2D eigenvalue weighted by Crippen LogP contribution is 2.25. The number of carbonyl (C=O) groups is 1. The molecule has 0 fully saturated rings. The molecule has 2 aromatic rings. The topological polar surface area (TPSA) is 42.2 Å². The van der Waals surface area contributed by atoms with Crippen molar-refractivity contribution in [2.45, 2.75) is 34.1 Å². The molecule has 1 aromatic heterocycles. The molecule has 0 spiro atoms. The van der Waals surface area contributed by atoms with Crippen molar-refractivity contribution in [3.63, 3.8) is 0 Å². The molecule has 3 heteroatoms. The van der Waals surface area contributed by atoms with Gasteiger partial charge in [-0.15, -0.1) is 0 Å². The van der Waals surface area contributed by atoms with Crippen molar-refractivity contribution >= 4 is 5.97 Å². The van der Waals surface area contributed by atoms with E-state index in [1.807, 2.05) is 17.7 Å². The minimum absolute atomic E-state index is 0.391.